The highest BCUT2D eigenvalue weighted by Crippen LogP contribution is 2.34. The normalized spacial score (nSPS) is 18.4. The van der Waals surface area contributed by atoms with Gasteiger partial charge in [0.25, 0.3) is 5.89 Å². The summed E-state index contributed by atoms with van der Waals surface area (Å²) in [6.45, 7) is 0. The molecule has 1 fully saturated rings. The van der Waals surface area contributed by atoms with Crippen LogP contribution in [0.1, 0.15) is 44.3 Å². The molecule has 1 heterocycles. The van der Waals surface area contributed by atoms with Gasteiger partial charge in [-0.1, -0.05) is 42.4 Å². The van der Waals surface area contributed by atoms with E-state index in [1.165, 1.54) is 12.8 Å². The summed E-state index contributed by atoms with van der Waals surface area (Å²) in [7, 11) is 0. The van der Waals surface area contributed by atoms with E-state index >= 15 is 0 Å². The topological polar surface area (TPSA) is 64.9 Å². The van der Waals surface area contributed by atoms with Crippen LogP contribution in [0, 0.1) is 3.57 Å². The Labute approximate surface area is 142 Å². The van der Waals surface area contributed by atoms with Crippen LogP contribution in [-0.2, 0) is 5.54 Å². The van der Waals surface area contributed by atoms with Crippen molar-refractivity contribution in [2.45, 2.75) is 44.1 Å². The van der Waals surface area contributed by atoms with Crippen LogP contribution in [0.5, 0.6) is 0 Å². The Morgan fingerprint density at radius 1 is 1.19 bits per heavy atom. The first kappa shape index (κ1) is 15.2. The first-order valence-corrected chi connectivity index (χ1v) is 8.63. The van der Waals surface area contributed by atoms with Crippen molar-refractivity contribution in [2.75, 3.05) is 0 Å². The van der Waals surface area contributed by atoms with Gasteiger partial charge in [-0.05, 0) is 53.6 Å². The second-order valence-electron chi connectivity index (χ2n) is 5.62. The lowest BCUT2D eigenvalue weighted by atomic mass is 9.91. The van der Waals surface area contributed by atoms with Crippen molar-refractivity contribution in [3.8, 4) is 11.5 Å². The summed E-state index contributed by atoms with van der Waals surface area (Å²) in [5, 5.41) is 4.80. The quantitative estimate of drug-likeness (QED) is 0.577. The van der Waals surface area contributed by atoms with Crippen LogP contribution in [0.25, 0.3) is 11.5 Å². The molecule has 0 spiro atoms. The van der Waals surface area contributed by atoms with Crippen molar-refractivity contribution < 1.29 is 4.52 Å². The molecule has 0 aliphatic heterocycles. The second kappa shape index (κ2) is 6.22. The van der Waals surface area contributed by atoms with Crippen molar-refractivity contribution in [3.63, 3.8) is 0 Å². The zero-order valence-electron chi connectivity index (χ0n) is 11.6. The highest BCUT2D eigenvalue weighted by molar-refractivity contribution is 14.1. The SMILES string of the molecule is NC1(c2noc(-c3cc(Cl)ccc3I)n2)CCCCCC1. The summed E-state index contributed by atoms with van der Waals surface area (Å²) in [5.74, 6) is 1.11. The molecule has 21 heavy (non-hydrogen) atoms. The average molecular weight is 418 g/mol. The largest absolute Gasteiger partial charge is 0.334 e. The fourth-order valence-corrected chi connectivity index (χ4v) is 3.52. The van der Waals surface area contributed by atoms with Crippen LogP contribution in [0.4, 0.5) is 0 Å². The minimum atomic E-state index is -0.456. The standard InChI is InChI=1S/C15H17ClIN3O/c16-10-5-6-12(17)11(9-10)13-19-14(20-21-13)15(18)7-3-1-2-4-8-15/h5-6,9H,1-4,7-8,18H2. The Kier molecular flexibility index (Phi) is 4.51. The molecule has 1 aliphatic rings. The number of hydrogen-bond acceptors (Lipinski definition) is 4. The maximum Gasteiger partial charge on any atom is 0.259 e. The highest BCUT2D eigenvalue weighted by Gasteiger charge is 2.33. The molecule has 2 aromatic rings. The Balaban J connectivity index is 1.94. The molecule has 1 aliphatic carbocycles. The molecule has 1 saturated carbocycles. The number of rotatable bonds is 2. The third-order valence-corrected chi connectivity index (χ3v) is 5.20. The highest BCUT2D eigenvalue weighted by atomic mass is 127. The van der Waals surface area contributed by atoms with Gasteiger partial charge in [-0.3, -0.25) is 0 Å². The number of aromatic nitrogens is 2. The maximum atomic E-state index is 6.53. The fraction of sp³-hybridized carbons (Fsp3) is 0.467. The zero-order valence-corrected chi connectivity index (χ0v) is 14.5. The molecule has 0 radical (unpaired) electrons. The van der Waals surface area contributed by atoms with Crippen LogP contribution in [-0.4, -0.2) is 10.1 Å². The van der Waals surface area contributed by atoms with Crippen LogP contribution >= 0.6 is 34.2 Å². The molecular weight excluding hydrogens is 401 g/mol. The van der Waals surface area contributed by atoms with E-state index in [1.54, 1.807) is 0 Å². The Hall–Kier alpha value is -0.660. The first-order chi connectivity index (χ1) is 10.1. The van der Waals surface area contributed by atoms with E-state index < -0.39 is 5.54 Å². The monoisotopic (exact) mass is 417 g/mol. The van der Waals surface area contributed by atoms with Gasteiger partial charge in [0.1, 0.15) is 0 Å². The van der Waals surface area contributed by atoms with Gasteiger partial charge < -0.3 is 10.3 Å². The molecule has 6 heteroatoms. The predicted molar refractivity (Wildman–Crippen MR) is 91.0 cm³/mol. The summed E-state index contributed by atoms with van der Waals surface area (Å²) >= 11 is 8.29. The number of hydrogen-bond donors (Lipinski definition) is 1. The molecule has 0 saturated heterocycles. The summed E-state index contributed by atoms with van der Waals surface area (Å²) in [6, 6.07) is 5.63. The van der Waals surface area contributed by atoms with Crippen molar-refractivity contribution >= 4 is 34.2 Å². The first-order valence-electron chi connectivity index (χ1n) is 7.17. The van der Waals surface area contributed by atoms with E-state index in [9.17, 15) is 0 Å². The molecule has 3 rings (SSSR count). The molecule has 1 aromatic carbocycles. The van der Waals surface area contributed by atoms with Gasteiger partial charge in [0.2, 0.25) is 0 Å². The number of nitrogens with zero attached hydrogens (tertiary/aromatic N) is 2. The van der Waals surface area contributed by atoms with Crippen molar-refractivity contribution in [1.82, 2.24) is 10.1 Å². The van der Waals surface area contributed by atoms with Crippen molar-refractivity contribution in [1.29, 1.82) is 0 Å². The molecule has 1 aromatic heterocycles. The Morgan fingerprint density at radius 2 is 1.90 bits per heavy atom. The van der Waals surface area contributed by atoms with E-state index in [4.69, 9.17) is 21.9 Å². The fourth-order valence-electron chi connectivity index (χ4n) is 2.78. The lowest BCUT2D eigenvalue weighted by molar-refractivity contribution is 0.334. The van der Waals surface area contributed by atoms with Crippen LogP contribution in [0.2, 0.25) is 5.02 Å². The van der Waals surface area contributed by atoms with E-state index in [2.05, 4.69) is 32.7 Å². The van der Waals surface area contributed by atoms with Crippen LogP contribution < -0.4 is 5.73 Å². The van der Waals surface area contributed by atoms with Crippen LogP contribution in [0.15, 0.2) is 22.7 Å². The summed E-state index contributed by atoms with van der Waals surface area (Å²) in [4.78, 5) is 4.55. The lowest BCUT2D eigenvalue weighted by Crippen LogP contribution is -2.37. The summed E-state index contributed by atoms with van der Waals surface area (Å²) in [6.07, 6.45) is 6.53. The van der Waals surface area contributed by atoms with E-state index in [1.807, 2.05) is 18.2 Å². The number of nitrogens with two attached hydrogens (primary N) is 1. The molecule has 0 amide bonds. The molecule has 2 N–H and O–H groups in total. The molecular formula is C15H17ClIN3O. The van der Waals surface area contributed by atoms with Crippen molar-refractivity contribution in [3.05, 3.63) is 32.6 Å². The predicted octanol–water partition coefficient (Wildman–Crippen LogP) is 4.50. The van der Waals surface area contributed by atoms with Gasteiger partial charge in [0, 0.05) is 8.59 Å². The maximum absolute atomic E-state index is 6.53. The molecule has 0 bridgehead atoms. The van der Waals surface area contributed by atoms with E-state index in [0.717, 1.165) is 34.8 Å². The average Bonchev–Trinajstić information content (AvgIpc) is 2.86. The second-order valence-corrected chi connectivity index (χ2v) is 7.22. The number of halogens is 2. The minimum absolute atomic E-state index is 0.456. The van der Waals surface area contributed by atoms with Crippen LogP contribution in [0.3, 0.4) is 0 Å². The third-order valence-electron chi connectivity index (χ3n) is 4.03. The Morgan fingerprint density at radius 3 is 2.62 bits per heavy atom. The lowest BCUT2D eigenvalue weighted by Gasteiger charge is -2.23. The molecule has 0 atom stereocenters. The third kappa shape index (κ3) is 3.24. The summed E-state index contributed by atoms with van der Waals surface area (Å²) < 4.78 is 6.47. The zero-order chi connectivity index (χ0) is 14.9. The van der Waals surface area contributed by atoms with Gasteiger partial charge in [-0.15, -0.1) is 0 Å². The Bertz CT molecular complexity index is 636. The summed E-state index contributed by atoms with van der Waals surface area (Å²) in [5.41, 5.74) is 6.93. The molecule has 0 unspecified atom stereocenters. The van der Waals surface area contributed by atoms with E-state index in [0.29, 0.717) is 16.7 Å². The minimum Gasteiger partial charge on any atom is -0.334 e. The van der Waals surface area contributed by atoms with Gasteiger partial charge in [-0.2, -0.15) is 4.98 Å². The van der Waals surface area contributed by atoms with E-state index in [-0.39, 0.29) is 0 Å². The molecule has 4 nitrogen and oxygen atoms in total. The van der Waals surface area contributed by atoms with Gasteiger partial charge >= 0.3 is 0 Å². The van der Waals surface area contributed by atoms with Crippen molar-refractivity contribution in [2.24, 2.45) is 5.73 Å². The molecule has 112 valence electrons. The van der Waals surface area contributed by atoms with Gasteiger partial charge in [0.05, 0.1) is 11.1 Å². The van der Waals surface area contributed by atoms with Gasteiger partial charge in [0.15, 0.2) is 5.82 Å². The van der Waals surface area contributed by atoms with Gasteiger partial charge in [-0.25, -0.2) is 0 Å². The smallest absolute Gasteiger partial charge is 0.259 e. The number of benzene rings is 1.